The van der Waals surface area contributed by atoms with E-state index >= 15 is 0 Å². The van der Waals surface area contributed by atoms with Crippen LogP contribution >= 0.6 is 0 Å². The van der Waals surface area contributed by atoms with Crippen molar-refractivity contribution in [2.75, 3.05) is 32.8 Å². The molecule has 2 heterocycles. The van der Waals surface area contributed by atoms with Gasteiger partial charge in [-0.05, 0) is 37.3 Å². The number of nitrogens with one attached hydrogen (secondary N) is 1. The number of likely N-dealkylation sites (tertiary alicyclic amines) is 1. The van der Waals surface area contributed by atoms with E-state index in [0.29, 0.717) is 56.1 Å². The number of piperidine rings is 1. The monoisotopic (exact) mass is 468 g/mol. The van der Waals surface area contributed by atoms with Gasteiger partial charge in [0.05, 0.1) is 24.5 Å². The number of carbonyl (C=O) groups is 2. The minimum Gasteiger partial charge on any atom is -0.490 e. The number of sulfonamides is 1. The topological polar surface area (TPSA) is 111 Å². The van der Waals surface area contributed by atoms with Crippen LogP contribution < -0.4 is 14.2 Å². The lowest BCUT2D eigenvalue weighted by Gasteiger charge is -2.36. The Kier molecular flexibility index (Phi) is 8.00. The van der Waals surface area contributed by atoms with Gasteiger partial charge >= 0.3 is 5.97 Å². The molecule has 3 rings (SSSR count). The van der Waals surface area contributed by atoms with Crippen molar-refractivity contribution in [1.82, 2.24) is 9.62 Å². The Bertz CT molecular complexity index is 924. The molecule has 0 radical (unpaired) electrons. The molecule has 3 atom stereocenters. The maximum atomic E-state index is 12.6. The second kappa shape index (κ2) is 10.5. The first kappa shape index (κ1) is 24.3. The number of carbonyl (C=O) groups excluding carboxylic acids is 2. The molecule has 0 aromatic heterocycles. The van der Waals surface area contributed by atoms with Gasteiger partial charge < -0.3 is 19.1 Å². The van der Waals surface area contributed by atoms with Gasteiger partial charge in [-0.1, -0.05) is 13.8 Å². The van der Waals surface area contributed by atoms with Crippen LogP contribution in [0.25, 0.3) is 0 Å². The first-order chi connectivity index (χ1) is 15.2. The lowest BCUT2D eigenvalue weighted by molar-refractivity contribution is -0.160. The fourth-order valence-corrected chi connectivity index (χ4v) is 5.13. The SMILES string of the molecule is C[C@@H]1C[C@@H](C)CN(C(=O)[C@H](C)OC(=O)CCNS(=O)(=O)c2ccc3c(c2)OCCCO3)C1. The second-order valence-corrected chi connectivity index (χ2v) is 10.4. The number of benzene rings is 1. The summed E-state index contributed by atoms with van der Waals surface area (Å²) in [5, 5.41) is 0. The highest BCUT2D eigenvalue weighted by molar-refractivity contribution is 7.89. The predicted molar refractivity (Wildman–Crippen MR) is 117 cm³/mol. The molecule has 1 N–H and O–H groups in total. The molecule has 178 valence electrons. The minimum absolute atomic E-state index is 0.0204. The van der Waals surface area contributed by atoms with E-state index in [1.807, 2.05) is 0 Å². The van der Waals surface area contributed by atoms with Crippen molar-refractivity contribution < 1.29 is 32.2 Å². The number of esters is 1. The normalized spacial score (nSPS) is 22.0. The van der Waals surface area contributed by atoms with E-state index in [0.717, 1.165) is 6.42 Å². The van der Waals surface area contributed by atoms with E-state index in [-0.39, 0.29) is 23.8 Å². The van der Waals surface area contributed by atoms with Crippen LogP contribution in [0.15, 0.2) is 23.1 Å². The Morgan fingerprint density at radius 1 is 1.16 bits per heavy atom. The third-order valence-electron chi connectivity index (χ3n) is 5.49. The molecular formula is C22H32N2O7S. The molecule has 9 nitrogen and oxygen atoms in total. The highest BCUT2D eigenvalue weighted by atomic mass is 32.2. The van der Waals surface area contributed by atoms with Gasteiger partial charge in [-0.2, -0.15) is 0 Å². The zero-order valence-corrected chi connectivity index (χ0v) is 19.7. The van der Waals surface area contributed by atoms with Crippen molar-refractivity contribution in [3.63, 3.8) is 0 Å². The number of rotatable bonds is 7. The van der Waals surface area contributed by atoms with Crippen molar-refractivity contribution in [2.45, 2.75) is 51.0 Å². The number of amides is 1. The van der Waals surface area contributed by atoms with Crippen molar-refractivity contribution in [2.24, 2.45) is 11.8 Å². The van der Waals surface area contributed by atoms with Crippen LogP contribution in [-0.2, 0) is 24.3 Å². The van der Waals surface area contributed by atoms with Crippen LogP contribution in [-0.4, -0.2) is 64.1 Å². The fraction of sp³-hybridized carbons (Fsp3) is 0.636. The summed E-state index contributed by atoms with van der Waals surface area (Å²) in [5.41, 5.74) is 0. The zero-order chi connectivity index (χ0) is 23.3. The van der Waals surface area contributed by atoms with E-state index in [2.05, 4.69) is 18.6 Å². The summed E-state index contributed by atoms with van der Waals surface area (Å²) in [6, 6.07) is 4.39. The van der Waals surface area contributed by atoms with Crippen LogP contribution in [0.1, 0.15) is 40.0 Å². The van der Waals surface area contributed by atoms with Gasteiger partial charge in [-0.3, -0.25) is 9.59 Å². The summed E-state index contributed by atoms with van der Waals surface area (Å²) in [6.45, 7) is 7.86. The standard InChI is InChI=1S/C22H32N2O7S/c1-15-11-16(2)14-24(13-15)22(26)17(3)31-21(25)7-8-23-32(27,28)18-5-6-19-20(12-18)30-10-4-9-29-19/h5-6,12,15-17,23H,4,7-11,13-14H2,1-3H3/t15-,16-,17+/m1/s1. The van der Waals surface area contributed by atoms with Crippen LogP contribution in [0, 0.1) is 11.8 Å². The maximum Gasteiger partial charge on any atom is 0.307 e. The van der Waals surface area contributed by atoms with E-state index in [1.165, 1.54) is 12.1 Å². The van der Waals surface area contributed by atoms with Gasteiger partial charge in [-0.15, -0.1) is 0 Å². The first-order valence-corrected chi connectivity index (χ1v) is 12.5. The number of hydrogen-bond donors (Lipinski definition) is 1. The molecule has 10 heteroatoms. The van der Waals surface area contributed by atoms with E-state index in [9.17, 15) is 18.0 Å². The molecule has 1 aromatic carbocycles. The van der Waals surface area contributed by atoms with Gasteiger partial charge in [-0.25, -0.2) is 13.1 Å². The van der Waals surface area contributed by atoms with Gasteiger partial charge in [0, 0.05) is 32.1 Å². The molecule has 0 aliphatic carbocycles. The lowest BCUT2D eigenvalue weighted by atomic mass is 9.91. The summed E-state index contributed by atoms with van der Waals surface area (Å²) < 4.78 is 43.8. The Balaban J connectivity index is 1.48. The highest BCUT2D eigenvalue weighted by Crippen LogP contribution is 2.31. The molecule has 0 saturated carbocycles. The second-order valence-electron chi connectivity index (χ2n) is 8.63. The third kappa shape index (κ3) is 6.35. The molecule has 32 heavy (non-hydrogen) atoms. The zero-order valence-electron chi connectivity index (χ0n) is 18.8. The molecule has 0 bridgehead atoms. The summed E-state index contributed by atoms with van der Waals surface area (Å²) >= 11 is 0. The summed E-state index contributed by atoms with van der Waals surface area (Å²) in [7, 11) is -3.84. The Morgan fingerprint density at radius 3 is 2.50 bits per heavy atom. The fourth-order valence-electron chi connectivity index (χ4n) is 4.09. The average molecular weight is 469 g/mol. The lowest BCUT2D eigenvalue weighted by Crippen LogP contribution is -2.47. The number of nitrogens with zero attached hydrogens (tertiary/aromatic N) is 1. The number of ether oxygens (including phenoxy) is 3. The molecule has 2 aliphatic rings. The molecule has 1 aromatic rings. The minimum atomic E-state index is -3.84. The van der Waals surface area contributed by atoms with Crippen molar-refractivity contribution in [3.8, 4) is 11.5 Å². The van der Waals surface area contributed by atoms with Crippen LogP contribution in [0.3, 0.4) is 0 Å². The Morgan fingerprint density at radius 2 is 1.81 bits per heavy atom. The molecular weight excluding hydrogens is 436 g/mol. The molecule has 1 saturated heterocycles. The van der Waals surface area contributed by atoms with Crippen LogP contribution in [0.5, 0.6) is 11.5 Å². The summed E-state index contributed by atoms with van der Waals surface area (Å²) in [4.78, 5) is 26.5. The van der Waals surface area contributed by atoms with Crippen molar-refractivity contribution in [1.29, 1.82) is 0 Å². The average Bonchev–Trinajstić information content (AvgIpc) is 2.97. The molecule has 2 aliphatic heterocycles. The Hall–Kier alpha value is -2.33. The summed E-state index contributed by atoms with van der Waals surface area (Å²) in [6.07, 6.45) is 0.696. The van der Waals surface area contributed by atoms with Gasteiger partial charge in [0.2, 0.25) is 10.0 Å². The third-order valence-corrected chi connectivity index (χ3v) is 6.95. The largest absolute Gasteiger partial charge is 0.490 e. The van der Waals surface area contributed by atoms with Gasteiger partial charge in [0.15, 0.2) is 17.6 Å². The van der Waals surface area contributed by atoms with E-state index in [1.54, 1.807) is 17.9 Å². The van der Waals surface area contributed by atoms with Crippen molar-refractivity contribution >= 4 is 21.9 Å². The highest BCUT2D eigenvalue weighted by Gasteiger charge is 2.30. The molecule has 1 amide bonds. The van der Waals surface area contributed by atoms with Gasteiger partial charge in [0.25, 0.3) is 5.91 Å². The number of fused-ring (bicyclic) bond motifs is 1. The first-order valence-electron chi connectivity index (χ1n) is 11.0. The molecule has 1 fully saturated rings. The van der Waals surface area contributed by atoms with E-state index in [4.69, 9.17) is 14.2 Å². The quantitative estimate of drug-likeness (QED) is 0.609. The Labute approximate surface area is 189 Å². The number of hydrogen-bond acceptors (Lipinski definition) is 7. The van der Waals surface area contributed by atoms with Crippen LogP contribution in [0.2, 0.25) is 0 Å². The summed E-state index contributed by atoms with van der Waals surface area (Å²) in [5.74, 6) is 0.837. The van der Waals surface area contributed by atoms with Gasteiger partial charge in [0.1, 0.15) is 0 Å². The maximum absolute atomic E-state index is 12.6. The molecule has 0 unspecified atom stereocenters. The predicted octanol–water partition coefficient (Wildman–Crippen LogP) is 1.95. The van der Waals surface area contributed by atoms with Crippen molar-refractivity contribution in [3.05, 3.63) is 18.2 Å². The van der Waals surface area contributed by atoms with Crippen LogP contribution in [0.4, 0.5) is 0 Å². The smallest absolute Gasteiger partial charge is 0.307 e. The molecule has 0 spiro atoms. The van der Waals surface area contributed by atoms with E-state index < -0.39 is 22.1 Å².